The molecule has 4 heteroatoms. The predicted octanol–water partition coefficient (Wildman–Crippen LogP) is 3.81. The van der Waals surface area contributed by atoms with Gasteiger partial charge in [-0.1, -0.05) is 36.8 Å². The van der Waals surface area contributed by atoms with Crippen LogP contribution in [0.5, 0.6) is 0 Å². The number of carbonyl (C=O) groups excluding carboxylic acids is 1. The summed E-state index contributed by atoms with van der Waals surface area (Å²) in [6.45, 7) is 3.50. The molecular weight excluding hydrogens is 300 g/mol. The van der Waals surface area contributed by atoms with Gasteiger partial charge in [-0.3, -0.25) is 4.79 Å². The number of rotatable bonds is 3. The third-order valence-electron chi connectivity index (χ3n) is 4.79. The van der Waals surface area contributed by atoms with Crippen LogP contribution in [0.1, 0.15) is 35.4 Å². The molecule has 1 fully saturated rings. The molecule has 1 aliphatic rings. The van der Waals surface area contributed by atoms with Crippen LogP contribution >= 0.6 is 0 Å². The van der Waals surface area contributed by atoms with E-state index in [1.54, 1.807) is 0 Å². The van der Waals surface area contributed by atoms with Gasteiger partial charge in [0.05, 0.1) is 5.56 Å². The summed E-state index contributed by atoms with van der Waals surface area (Å²) >= 11 is 0. The van der Waals surface area contributed by atoms with E-state index in [0.717, 1.165) is 37.3 Å². The Morgan fingerprint density at radius 3 is 2.67 bits per heavy atom. The molecule has 2 heterocycles. The van der Waals surface area contributed by atoms with Crippen molar-refractivity contribution >= 4 is 5.91 Å². The quantitative estimate of drug-likeness (QED) is 0.860. The Bertz CT molecular complexity index is 691. The average Bonchev–Trinajstić information content (AvgIpc) is 2.81. The molecule has 2 aromatic rings. The van der Waals surface area contributed by atoms with E-state index in [2.05, 4.69) is 19.0 Å². The highest BCUT2D eigenvalue weighted by molar-refractivity contribution is 5.99. The topological polar surface area (TPSA) is 36.7 Å². The van der Waals surface area contributed by atoms with E-state index in [-0.39, 0.29) is 5.91 Å². The molecular formula is C20H26N2O2. The molecule has 0 bridgehead atoms. The number of hydrogen-bond donors (Lipinski definition) is 0. The SMILES string of the molecule is Cc1cc(C(=O)N2CCCC[C@H](N(C)C)C2)c(-c2ccccc2)o1. The number of benzene rings is 1. The first kappa shape index (κ1) is 16.8. The van der Waals surface area contributed by atoms with Crippen LogP contribution in [-0.2, 0) is 0 Å². The number of likely N-dealkylation sites (tertiary alicyclic amines) is 1. The van der Waals surface area contributed by atoms with Crippen molar-refractivity contribution in [3.8, 4) is 11.3 Å². The smallest absolute Gasteiger partial charge is 0.257 e. The van der Waals surface area contributed by atoms with Crippen LogP contribution in [0.15, 0.2) is 40.8 Å². The second-order valence-electron chi connectivity index (χ2n) is 6.83. The van der Waals surface area contributed by atoms with Crippen LogP contribution in [0.3, 0.4) is 0 Å². The van der Waals surface area contributed by atoms with Crippen LogP contribution < -0.4 is 0 Å². The molecule has 0 unspecified atom stereocenters. The third kappa shape index (κ3) is 3.54. The Kier molecular flexibility index (Phi) is 5.05. The lowest BCUT2D eigenvalue weighted by Gasteiger charge is -2.28. The van der Waals surface area contributed by atoms with Gasteiger partial charge in [-0.15, -0.1) is 0 Å². The van der Waals surface area contributed by atoms with Gasteiger partial charge in [0.1, 0.15) is 11.5 Å². The Balaban J connectivity index is 1.90. The summed E-state index contributed by atoms with van der Waals surface area (Å²) in [4.78, 5) is 17.4. The van der Waals surface area contributed by atoms with E-state index in [0.29, 0.717) is 17.4 Å². The van der Waals surface area contributed by atoms with Crippen molar-refractivity contribution in [3.05, 3.63) is 47.7 Å². The predicted molar refractivity (Wildman–Crippen MR) is 96.1 cm³/mol. The summed E-state index contributed by atoms with van der Waals surface area (Å²) in [5, 5.41) is 0. The van der Waals surface area contributed by atoms with Crippen molar-refractivity contribution < 1.29 is 9.21 Å². The normalized spacial score (nSPS) is 18.7. The van der Waals surface area contributed by atoms with Crippen molar-refractivity contribution in [1.29, 1.82) is 0 Å². The third-order valence-corrected chi connectivity index (χ3v) is 4.79. The number of carbonyl (C=O) groups is 1. The summed E-state index contributed by atoms with van der Waals surface area (Å²) < 4.78 is 5.86. The lowest BCUT2D eigenvalue weighted by atomic mass is 10.1. The molecule has 1 aromatic heterocycles. The molecule has 0 saturated carbocycles. The summed E-state index contributed by atoms with van der Waals surface area (Å²) in [6, 6.07) is 12.2. The molecule has 3 rings (SSSR count). The largest absolute Gasteiger partial charge is 0.461 e. The first-order chi connectivity index (χ1) is 11.6. The molecule has 0 N–H and O–H groups in total. The minimum absolute atomic E-state index is 0.0828. The number of amides is 1. The van der Waals surface area contributed by atoms with Crippen molar-refractivity contribution in [3.63, 3.8) is 0 Å². The summed E-state index contributed by atoms with van der Waals surface area (Å²) in [7, 11) is 4.19. The molecule has 0 radical (unpaired) electrons. The molecule has 0 spiro atoms. The highest BCUT2D eigenvalue weighted by Crippen LogP contribution is 2.29. The van der Waals surface area contributed by atoms with Crippen LogP contribution in [0.2, 0.25) is 0 Å². The van der Waals surface area contributed by atoms with Gasteiger partial charge >= 0.3 is 0 Å². The van der Waals surface area contributed by atoms with Gasteiger partial charge in [-0.25, -0.2) is 0 Å². The Hall–Kier alpha value is -2.07. The van der Waals surface area contributed by atoms with Gasteiger partial charge in [-0.05, 0) is 39.9 Å². The average molecular weight is 326 g/mol. The summed E-state index contributed by atoms with van der Waals surface area (Å²) in [5.41, 5.74) is 1.63. The van der Waals surface area contributed by atoms with Crippen LogP contribution in [0.25, 0.3) is 11.3 Å². The van der Waals surface area contributed by atoms with Crippen LogP contribution in [-0.4, -0.2) is 48.9 Å². The fourth-order valence-electron chi connectivity index (χ4n) is 3.37. The second kappa shape index (κ2) is 7.22. The first-order valence-corrected chi connectivity index (χ1v) is 8.68. The van der Waals surface area contributed by atoms with Crippen molar-refractivity contribution in [2.24, 2.45) is 0 Å². The lowest BCUT2D eigenvalue weighted by Crippen LogP contribution is -2.42. The zero-order chi connectivity index (χ0) is 17.1. The number of furan rings is 1. The van der Waals surface area contributed by atoms with Gasteiger partial charge in [0.15, 0.2) is 0 Å². The molecule has 128 valence electrons. The Labute approximate surface area is 144 Å². The number of hydrogen-bond acceptors (Lipinski definition) is 3. The number of aryl methyl sites for hydroxylation is 1. The standard InChI is InChI=1S/C20H26N2O2/c1-15-13-18(19(24-15)16-9-5-4-6-10-16)20(23)22-12-8-7-11-17(14-22)21(2)3/h4-6,9-10,13,17H,7-8,11-12,14H2,1-3H3/t17-/m0/s1. The molecule has 1 aromatic carbocycles. The minimum Gasteiger partial charge on any atom is -0.461 e. The fourth-order valence-corrected chi connectivity index (χ4v) is 3.37. The van der Waals surface area contributed by atoms with E-state index in [1.807, 2.05) is 48.2 Å². The second-order valence-corrected chi connectivity index (χ2v) is 6.83. The highest BCUT2D eigenvalue weighted by Gasteiger charge is 2.27. The zero-order valence-electron chi connectivity index (χ0n) is 14.8. The van der Waals surface area contributed by atoms with Crippen molar-refractivity contribution in [2.45, 2.75) is 32.2 Å². The minimum atomic E-state index is 0.0828. The van der Waals surface area contributed by atoms with E-state index >= 15 is 0 Å². The summed E-state index contributed by atoms with van der Waals surface area (Å²) in [6.07, 6.45) is 3.38. The van der Waals surface area contributed by atoms with E-state index in [4.69, 9.17) is 4.42 Å². The van der Waals surface area contributed by atoms with Gasteiger partial charge < -0.3 is 14.2 Å². The molecule has 1 atom stereocenters. The maximum absolute atomic E-state index is 13.2. The maximum Gasteiger partial charge on any atom is 0.257 e. The van der Waals surface area contributed by atoms with Gasteiger partial charge in [0.2, 0.25) is 0 Å². The zero-order valence-corrected chi connectivity index (χ0v) is 14.8. The molecule has 0 aliphatic carbocycles. The van der Waals surface area contributed by atoms with Gasteiger partial charge in [0.25, 0.3) is 5.91 Å². The fraction of sp³-hybridized carbons (Fsp3) is 0.450. The number of likely N-dealkylation sites (N-methyl/N-ethyl adjacent to an activating group) is 1. The Morgan fingerprint density at radius 2 is 1.96 bits per heavy atom. The summed E-state index contributed by atoms with van der Waals surface area (Å²) in [5.74, 6) is 1.54. The van der Waals surface area contributed by atoms with Crippen molar-refractivity contribution in [2.75, 3.05) is 27.2 Å². The first-order valence-electron chi connectivity index (χ1n) is 8.68. The molecule has 1 saturated heterocycles. The molecule has 4 nitrogen and oxygen atoms in total. The molecule has 1 amide bonds. The maximum atomic E-state index is 13.2. The van der Waals surface area contributed by atoms with Gasteiger partial charge in [-0.2, -0.15) is 0 Å². The van der Waals surface area contributed by atoms with Crippen LogP contribution in [0, 0.1) is 6.92 Å². The number of nitrogens with zero attached hydrogens (tertiary/aromatic N) is 2. The van der Waals surface area contributed by atoms with E-state index < -0.39 is 0 Å². The van der Waals surface area contributed by atoms with E-state index in [9.17, 15) is 4.79 Å². The van der Waals surface area contributed by atoms with Crippen molar-refractivity contribution in [1.82, 2.24) is 9.80 Å². The monoisotopic (exact) mass is 326 g/mol. The molecule has 1 aliphatic heterocycles. The lowest BCUT2D eigenvalue weighted by molar-refractivity contribution is 0.0726. The highest BCUT2D eigenvalue weighted by atomic mass is 16.3. The van der Waals surface area contributed by atoms with E-state index in [1.165, 1.54) is 6.42 Å². The van der Waals surface area contributed by atoms with Crippen LogP contribution in [0.4, 0.5) is 0 Å². The Morgan fingerprint density at radius 1 is 1.21 bits per heavy atom. The van der Waals surface area contributed by atoms with Gasteiger partial charge in [0, 0.05) is 24.7 Å². The molecule has 24 heavy (non-hydrogen) atoms.